The van der Waals surface area contributed by atoms with Crippen molar-refractivity contribution in [2.75, 3.05) is 4.90 Å². The molecule has 0 bridgehead atoms. The lowest BCUT2D eigenvalue weighted by Crippen LogP contribution is -2.19. The lowest BCUT2D eigenvalue weighted by molar-refractivity contribution is 1.14. The highest BCUT2D eigenvalue weighted by atomic mass is 15.1. The Bertz CT molecular complexity index is 583. The standard InChI is InChI=1S/C20H23N/c1-6-10-12-19(9-4)21(18(8-3)11-7-2)20-15-13-17(5)14-16-20/h6-16H,2-4H2,1,5H3/b10-6-,18-11+,19-12+. The summed E-state index contributed by atoms with van der Waals surface area (Å²) in [6.07, 6.45) is 13.3. The van der Waals surface area contributed by atoms with Crippen LogP contribution in [0, 0.1) is 6.92 Å². The smallest absolute Gasteiger partial charge is 0.0461 e. The molecule has 0 N–H and O–H groups in total. The molecule has 0 aliphatic rings. The van der Waals surface area contributed by atoms with Crippen molar-refractivity contribution in [2.24, 2.45) is 0 Å². The number of nitrogens with zero attached hydrogens (tertiary/aromatic N) is 1. The number of benzene rings is 1. The van der Waals surface area contributed by atoms with Gasteiger partial charge in [-0.3, -0.25) is 0 Å². The highest BCUT2D eigenvalue weighted by Crippen LogP contribution is 2.26. The molecule has 0 aliphatic carbocycles. The molecule has 1 rings (SSSR count). The Morgan fingerprint density at radius 2 is 1.52 bits per heavy atom. The van der Waals surface area contributed by atoms with Crippen molar-refractivity contribution >= 4 is 5.69 Å². The number of rotatable bonds is 7. The minimum absolute atomic E-state index is 0.949. The summed E-state index contributed by atoms with van der Waals surface area (Å²) in [5.74, 6) is 0. The van der Waals surface area contributed by atoms with Crippen LogP contribution in [0.4, 0.5) is 5.69 Å². The Balaban J connectivity index is 3.44. The molecule has 0 spiro atoms. The third-order valence-corrected chi connectivity index (χ3v) is 2.97. The fraction of sp³-hybridized carbons (Fsp3) is 0.100. The molecule has 0 unspecified atom stereocenters. The monoisotopic (exact) mass is 277 g/mol. The van der Waals surface area contributed by atoms with Crippen molar-refractivity contribution in [3.63, 3.8) is 0 Å². The second-order valence-electron chi connectivity index (χ2n) is 4.52. The van der Waals surface area contributed by atoms with E-state index in [1.165, 1.54) is 5.56 Å². The van der Waals surface area contributed by atoms with E-state index in [2.05, 4.69) is 55.8 Å². The summed E-state index contributed by atoms with van der Waals surface area (Å²) >= 11 is 0. The summed E-state index contributed by atoms with van der Waals surface area (Å²) < 4.78 is 0. The predicted molar refractivity (Wildman–Crippen MR) is 95.2 cm³/mol. The first kappa shape index (κ1) is 16.5. The van der Waals surface area contributed by atoms with E-state index in [-0.39, 0.29) is 0 Å². The van der Waals surface area contributed by atoms with Crippen LogP contribution >= 0.6 is 0 Å². The summed E-state index contributed by atoms with van der Waals surface area (Å²) in [5.41, 5.74) is 4.21. The molecule has 1 aromatic rings. The average Bonchev–Trinajstić information content (AvgIpc) is 2.51. The molecule has 0 amide bonds. The van der Waals surface area contributed by atoms with Crippen LogP contribution < -0.4 is 4.90 Å². The molecule has 0 saturated heterocycles. The third-order valence-electron chi connectivity index (χ3n) is 2.97. The molecule has 0 fully saturated rings. The van der Waals surface area contributed by atoms with E-state index in [0.717, 1.165) is 17.1 Å². The van der Waals surface area contributed by atoms with E-state index in [9.17, 15) is 0 Å². The molecule has 1 aromatic carbocycles. The van der Waals surface area contributed by atoms with Crippen LogP contribution in [0.25, 0.3) is 0 Å². The van der Waals surface area contributed by atoms with Gasteiger partial charge in [-0.15, -0.1) is 0 Å². The maximum Gasteiger partial charge on any atom is 0.0461 e. The van der Waals surface area contributed by atoms with Crippen LogP contribution in [0.3, 0.4) is 0 Å². The summed E-state index contributed by atoms with van der Waals surface area (Å²) in [4.78, 5) is 2.10. The van der Waals surface area contributed by atoms with Crippen LogP contribution in [0.1, 0.15) is 12.5 Å². The number of hydrogen-bond acceptors (Lipinski definition) is 1. The molecule has 0 radical (unpaired) electrons. The Morgan fingerprint density at radius 1 is 0.952 bits per heavy atom. The zero-order chi connectivity index (χ0) is 15.7. The normalized spacial score (nSPS) is 12.3. The number of hydrogen-bond donors (Lipinski definition) is 0. The number of aryl methyl sites for hydroxylation is 1. The van der Waals surface area contributed by atoms with Crippen LogP contribution in [0.15, 0.2) is 97.9 Å². The molecule has 0 heterocycles. The van der Waals surface area contributed by atoms with Gasteiger partial charge in [0.05, 0.1) is 0 Å². The quantitative estimate of drug-likeness (QED) is 0.577. The van der Waals surface area contributed by atoms with Gasteiger partial charge in [0.1, 0.15) is 0 Å². The fourth-order valence-corrected chi connectivity index (χ4v) is 1.92. The highest BCUT2D eigenvalue weighted by Gasteiger charge is 2.12. The van der Waals surface area contributed by atoms with E-state index < -0.39 is 0 Å². The lowest BCUT2D eigenvalue weighted by atomic mass is 10.1. The first-order valence-corrected chi connectivity index (χ1v) is 6.95. The Labute approximate surface area is 128 Å². The van der Waals surface area contributed by atoms with E-state index in [1.807, 2.05) is 43.4 Å². The van der Waals surface area contributed by atoms with Crippen molar-refractivity contribution in [1.29, 1.82) is 0 Å². The Kier molecular flexibility index (Phi) is 6.76. The molecular formula is C20H23N. The largest absolute Gasteiger partial charge is 0.311 e. The predicted octanol–water partition coefficient (Wildman–Crippen LogP) is 5.70. The van der Waals surface area contributed by atoms with Gasteiger partial charge in [-0.05, 0) is 50.3 Å². The molecule has 0 saturated carbocycles. The van der Waals surface area contributed by atoms with E-state index >= 15 is 0 Å². The Hall–Kier alpha value is -2.54. The molecular weight excluding hydrogens is 254 g/mol. The van der Waals surface area contributed by atoms with Crippen molar-refractivity contribution < 1.29 is 0 Å². The van der Waals surface area contributed by atoms with Gasteiger partial charge in [-0.1, -0.05) is 55.7 Å². The Morgan fingerprint density at radius 3 is 2.00 bits per heavy atom. The maximum atomic E-state index is 3.92. The molecule has 0 aromatic heterocycles. The van der Waals surface area contributed by atoms with E-state index in [0.29, 0.717) is 0 Å². The zero-order valence-electron chi connectivity index (χ0n) is 12.9. The number of anilines is 1. The summed E-state index contributed by atoms with van der Waals surface area (Å²) in [6, 6.07) is 8.35. The fourth-order valence-electron chi connectivity index (χ4n) is 1.92. The van der Waals surface area contributed by atoms with Crippen LogP contribution in [0.5, 0.6) is 0 Å². The third kappa shape index (κ3) is 4.50. The molecule has 108 valence electrons. The van der Waals surface area contributed by atoms with Crippen molar-refractivity contribution in [3.8, 4) is 0 Å². The zero-order valence-corrected chi connectivity index (χ0v) is 12.9. The maximum absolute atomic E-state index is 3.92. The average molecular weight is 277 g/mol. The van der Waals surface area contributed by atoms with Crippen molar-refractivity contribution in [1.82, 2.24) is 0 Å². The van der Waals surface area contributed by atoms with Crippen molar-refractivity contribution in [3.05, 3.63) is 103 Å². The first-order chi connectivity index (χ1) is 10.2. The molecule has 0 aliphatic heterocycles. The first-order valence-electron chi connectivity index (χ1n) is 6.95. The summed E-state index contributed by atoms with van der Waals surface area (Å²) in [7, 11) is 0. The summed E-state index contributed by atoms with van der Waals surface area (Å²) in [6.45, 7) is 15.7. The summed E-state index contributed by atoms with van der Waals surface area (Å²) in [5, 5.41) is 0. The van der Waals surface area contributed by atoms with Gasteiger partial charge in [-0.25, -0.2) is 0 Å². The molecule has 1 nitrogen and oxygen atoms in total. The topological polar surface area (TPSA) is 3.24 Å². The van der Waals surface area contributed by atoms with Gasteiger partial charge in [0, 0.05) is 17.1 Å². The molecule has 1 heteroatoms. The van der Waals surface area contributed by atoms with Crippen LogP contribution in [-0.2, 0) is 0 Å². The van der Waals surface area contributed by atoms with Gasteiger partial charge in [0.2, 0.25) is 0 Å². The minimum atomic E-state index is 0.949. The second-order valence-corrected chi connectivity index (χ2v) is 4.52. The number of allylic oxidation sites excluding steroid dienone is 7. The van der Waals surface area contributed by atoms with E-state index in [4.69, 9.17) is 0 Å². The van der Waals surface area contributed by atoms with Gasteiger partial charge in [0.25, 0.3) is 0 Å². The highest BCUT2D eigenvalue weighted by molar-refractivity contribution is 5.63. The van der Waals surface area contributed by atoms with Crippen LogP contribution in [0.2, 0.25) is 0 Å². The molecule has 0 atom stereocenters. The second kappa shape index (κ2) is 8.60. The lowest BCUT2D eigenvalue weighted by Gasteiger charge is -2.27. The minimum Gasteiger partial charge on any atom is -0.311 e. The van der Waals surface area contributed by atoms with Crippen LogP contribution in [-0.4, -0.2) is 0 Å². The van der Waals surface area contributed by atoms with Gasteiger partial charge >= 0.3 is 0 Å². The SMILES string of the molecule is C=C/C=C(\C=C)N(/C(C=C)=C/C=C\C)c1ccc(C)cc1. The molecule has 21 heavy (non-hydrogen) atoms. The van der Waals surface area contributed by atoms with Gasteiger partial charge < -0.3 is 4.90 Å². The van der Waals surface area contributed by atoms with Gasteiger partial charge in [0.15, 0.2) is 0 Å². The van der Waals surface area contributed by atoms with Crippen molar-refractivity contribution in [2.45, 2.75) is 13.8 Å². The van der Waals surface area contributed by atoms with Gasteiger partial charge in [-0.2, -0.15) is 0 Å². The van der Waals surface area contributed by atoms with E-state index in [1.54, 1.807) is 6.08 Å².